The zero-order valence-corrected chi connectivity index (χ0v) is 9.34. The Morgan fingerprint density at radius 3 is 3.13 bits per heavy atom. The van der Waals surface area contributed by atoms with E-state index in [-0.39, 0.29) is 0 Å². The molecular formula is C12H18N2O. The predicted molar refractivity (Wildman–Crippen MR) is 62.7 cm³/mol. The van der Waals surface area contributed by atoms with Crippen LogP contribution in [0, 0.1) is 0 Å². The van der Waals surface area contributed by atoms with Crippen LogP contribution >= 0.6 is 0 Å². The average Bonchev–Trinajstić information content (AvgIpc) is 2.28. The number of benzene rings is 1. The second-order valence-corrected chi connectivity index (χ2v) is 3.86. The van der Waals surface area contributed by atoms with Gasteiger partial charge in [0.2, 0.25) is 0 Å². The summed E-state index contributed by atoms with van der Waals surface area (Å²) in [5, 5.41) is 6.89. The lowest BCUT2D eigenvalue weighted by Crippen LogP contribution is -2.40. The zero-order chi connectivity index (χ0) is 10.7. The number of nitrogens with one attached hydrogen (secondary N) is 2. The van der Waals surface area contributed by atoms with Gasteiger partial charge in [0, 0.05) is 18.3 Å². The number of likely N-dealkylation sites (N-methyl/N-ethyl adjacent to an activating group) is 1. The Morgan fingerprint density at radius 2 is 2.40 bits per heavy atom. The molecule has 2 N–H and O–H groups in total. The lowest BCUT2D eigenvalue weighted by molar-refractivity contribution is 0.413. The van der Waals surface area contributed by atoms with Crippen molar-refractivity contribution in [3.8, 4) is 5.75 Å². The van der Waals surface area contributed by atoms with E-state index in [1.807, 2.05) is 6.07 Å². The van der Waals surface area contributed by atoms with Crippen LogP contribution in [0.3, 0.4) is 0 Å². The maximum atomic E-state index is 5.23. The molecular weight excluding hydrogens is 188 g/mol. The molecule has 1 aliphatic heterocycles. The Bertz CT molecular complexity index is 338. The molecule has 1 unspecified atom stereocenters. The molecule has 0 amide bonds. The second-order valence-electron chi connectivity index (χ2n) is 3.86. The van der Waals surface area contributed by atoms with Crippen molar-refractivity contribution in [1.82, 2.24) is 5.32 Å². The fourth-order valence-electron chi connectivity index (χ4n) is 2.04. The third-order valence-electron chi connectivity index (χ3n) is 2.81. The van der Waals surface area contributed by atoms with Gasteiger partial charge in [-0.05, 0) is 36.7 Å². The van der Waals surface area contributed by atoms with Gasteiger partial charge in [-0.3, -0.25) is 0 Å². The first kappa shape index (κ1) is 10.3. The Hall–Kier alpha value is -1.22. The molecule has 2 rings (SSSR count). The third kappa shape index (κ3) is 2.23. The average molecular weight is 206 g/mol. The van der Waals surface area contributed by atoms with Crippen molar-refractivity contribution in [2.45, 2.75) is 19.4 Å². The van der Waals surface area contributed by atoms with Gasteiger partial charge < -0.3 is 15.4 Å². The minimum absolute atomic E-state index is 0.537. The van der Waals surface area contributed by atoms with Crippen molar-refractivity contribution in [2.75, 3.05) is 25.5 Å². The number of anilines is 1. The normalized spacial score (nSPS) is 19.2. The van der Waals surface area contributed by atoms with E-state index in [0.717, 1.165) is 25.3 Å². The fourth-order valence-corrected chi connectivity index (χ4v) is 2.04. The molecule has 0 aromatic heterocycles. The number of rotatable bonds is 3. The topological polar surface area (TPSA) is 33.3 Å². The molecule has 82 valence electrons. The Balaban J connectivity index is 2.16. The number of ether oxygens (including phenoxy) is 1. The van der Waals surface area contributed by atoms with E-state index >= 15 is 0 Å². The summed E-state index contributed by atoms with van der Waals surface area (Å²) < 4.78 is 5.23. The molecule has 1 aliphatic rings. The van der Waals surface area contributed by atoms with Crippen LogP contribution in [0.5, 0.6) is 5.75 Å². The first-order valence-electron chi connectivity index (χ1n) is 5.47. The lowest BCUT2D eigenvalue weighted by atomic mass is 9.99. The van der Waals surface area contributed by atoms with Crippen LogP contribution in [0.25, 0.3) is 0 Å². The van der Waals surface area contributed by atoms with Crippen molar-refractivity contribution >= 4 is 5.69 Å². The molecule has 15 heavy (non-hydrogen) atoms. The van der Waals surface area contributed by atoms with Gasteiger partial charge in [0.1, 0.15) is 5.75 Å². The van der Waals surface area contributed by atoms with Crippen molar-refractivity contribution in [1.29, 1.82) is 0 Å². The van der Waals surface area contributed by atoms with Crippen molar-refractivity contribution in [3.05, 3.63) is 23.8 Å². The quantitative estimate of drug-likeness (QED) is 0.789. The minimum atomic E-state index is 0.537. The first-order valence-corrected chi connectivity index (χ1v) is 5.47. The molecule has 1 aromatic rings. The van der Waals surface area contributed by atoms with Crippen LogP contribution in [0.1, 0.15) is 12.5 Å². The maximum Gasteiger partial charge on any atom is 0.119 e. The van der Waals surface area contributed by atoms with E-state index in [2.05, 4.69) is 29.7 Å². The van der Waals surface area contributed by atoms with Gasteiger partial charge in [0.25, 0.3) is 0 Å². The monoisotopic (exact) mass is 206 g/mol. The highest BCUT2D eigenvalue weighted by atomic mass is 16.5. The molecule has 0 saturated heterocycles. The van der Waals surface area contributed by atoms with Crippen molar-refractivity contribution < 1.29 is 4.74 Å². The number of hydrogen-bond donors (Lipinski definition) is 2. The highest BCUT2D eigenvalue weighted by Gasteiger charge is 2.17. The van der Waals surface area contributed by atoms with Crippen LogP contribution in [-0.2, 0) is 6.42 Å². The Kier molecular flexibility index (Phi) is 3.11. The van der Waals surface area contributed by atoms with E-state index in [1.165, 1.54) is 11.3 Å². The highest BCUT2D eigenvalue weighted by Crippen LogP contribution is 2.26. The van der Waals surface area contributed by atoms with Crippen LogP contribution in [0.4, 0.5) is 5.69 Å². The van der Waals surface area contributed by atoms with Gasteiger partial charge in [-0.15, -0.1) is 0 Å². The summed E-state index contributed by atoms with van der Waals surface area (Å²) in [6.45, 7) is 4.17. The SMILES string of the molecule is CCNC1CNc2ccc(OC)cc2C1. The van der Waals surface area contributed by atoms with Gasteiger partial charge in [-0.2, -0.15) is 0 Å². The molecule has 1 atom stereocenters. The van der Waals surface area contributed by atoms with Crippen LogP contribution < -0.4 is 15.4 Å². The summed E-state index contributed by atoms with van der Waals surface area (Å²) in [5.74, 6) is 0.938. The lowest BCUT2D eigenvalue weighted by Gasteiger charge is -2.27. The minimum Gasteiger partial charge on any atom is -0.497 e. The predicted octanol–water partition coefficient (Wildman–Crippen LogP) is 1.64. The molecule has 0 spiro atoms. The fraction of sp³-hybridized carbons (Fsp3) is 0.500. The molecule has 0 bridgehead atoms. The van der Waals surface area contributed by atoms with Crippen LogP contribution in [0.2, 0.25) is 0 Å². The number of methoxy groups -OCH3 is 1. The van der Waals surface area contributed by atoms with E-state index < -0.39 is 0 Å². The third-order valence-corrected chi connectivity index (χ3v) is 2.81. The number of hydrogen-bond acceptors (Lipinski definition) is 3. The summed E-state index contributed by atoms with van der Waals surface area (Å²) in [6.07, 6.45) is 1.08. The van der Waals surface area contributed by atoms with E-state index in [4.69, 9.17) is 4.74 Å². The van der Waals surface area contributed by atoms with Crippen molar-refractivity contribution in [3.63, 3.8) is 0 Å². The molecule has 0 fully saturated rings. The summed E-state index contributed by atoms with van der Waals surface area (Å²) in [5.41, 5.74) is 2.58. The number of fused-ring (bicyclic) bond motifs is 1. The van der Waals surface area contributed by atoms with Gasteiger partial charge in [0.15, 0.2) is 0 Å². The molecule has 0 radical (unpaired) electrons. The molecule has 1 aromatic carbocycles. The summed E-state index contributed by atoms with van der Waals surface area (Å²) >= 11 is 0. The Labute approximate surface area is 90.8 Å². The van der Waals surface area contributed by atoms with Gasteiger partial charge in [-0.1, -0.05) is 6.92 Å². The molecule has 1 heterocycles. The largest absolute Gasteiger partial charge is 0.497 e. The van der Waals surface area contributed by atoms with Gasteiger partial charge in [0.05, 0.1) is 7.11 Å². The summed E-state index contributed by atoms with van der Waals surface area (Å²) in [7, 11) is 1.71. The molecule has 3 heteroatoms. The molecule has 0 saturated carbocycles. The summed E-state index contributed by atoms with van der Waals surface area (Å²) in [6, 6.07) is 6.75. The maximum absolute atomic E-state index is 5.23. The zero-order valence-electron chi connectivity index (χ0n) is 9.34. The Morgan fingerprint density at radius 1 is 1.53 bits per heavy atom. The smallest absolute Gasteiger partial charge is 0.119 e. The van der Waals surface area contributed by atoms with Gasteiger partial charge >= 0.3 is 0 Å². The van der Waals surface area contributed by atoms with E-state index in [9.17, 15) is 0 Å². The van der Waals surface area contributed by atoms with Crippen molar-refractivity contribution in [2.24, 2.45) is 0 Å². The van der Waals surface area contributed by atoms with E-state index in [0.29, 0.717) is 6.04 Å². The van der Waals surface area contributed by atoms with Crippen LogP contribution in [-0.4, -0.2) is 26.2 Å². The second kappa shape index (κ2) is 4.53. The molecule has 0 aliphatic carbocycles. The molecule has 3 nitrogen and oxygen atoms in total. The van der Waals surface area contributed by atoms with E-state index in [1.54, 1.807) is 7.11 Å². The standard InChI is InChI=1S/C12H18N2O/c1-3-13-10-6-9-7-11(15-2)4-5-12(9)14-8-10/h4-5,7,10,13-14H,3,6,8H2,1-2H3. The first-order chi connectivity index (χ1) is 7.33. The summed E-state index contributed by atoms with van der Waals surface area (Å²) in [4.78, 5) is 0. The highest BCUT2D eigenvalue weighted by molar-refractivity contribution is 5.56. The van der Waals surface area contributed by atoms with Gasteiger partial charge in [-0.25, -0.2) is 0 Å². The van der Waals surface area contributed by atoms with Crippen LogP contribution in [0.15, 0.2) is 18.2 Å².